The summed E-state index contributed by atoms with van der Waals surface area (Å²) in [6.45, 7) is 1.08. The van der Waals surface area contributed by atoms with Gasteiger partial charge in [-0.25, -0.2) is 0 Å². The van der Waals surface area contributed by atoms with Crippen LogP contribution in [-0.4, -0.2) is 20.8 Å². The third-order valence-corrected chi connectivity index (χ3v) is 3.32. The van der Waals surface area contributed by atoms with E-state index in [0.717, 1.165) is 28.9 Å². The molecule has 0 radical (unpaired) electrons. The zero-order valence-corrected chi connectivity index (χ0v) is 10.4. The highest BCUT2D eigenvalue weighted by Crippen LogP contribution is 2.38. The van der Waals surface area contributed by atoms with Gasteiger partial charge in [0.1, 0.15) is 11.5 Å². The zero-order valence-electron chi connectivity index (χ0n) is 8.84. The Labute approximate surface area is 97.9 Å². The highest BCUT2D eigenvalue weighted by atomic mass is 79.9. The summed E-state index contributed by atoms with van der Waals surface area (Å²) in [6, 6.07) is 4.38. The number of halogens is 1. The van der Waals surface area contributed by atoms with E-state index in [9.17, 15) is 0 Å². The third kappa shape index (κ3) is 1.96. The molecule has 1 saturated heterocycles. The zero-order chi connectivity index (χ0) is 10.8. The lowest BCUT2D eigenvalue weighted by Gasteiger charge is -2.29. The number of methoxy groups -OCH3 is 2. The van der Waals surface area contributed by atoms with E-state index in [4.69, 9.17) is 9.47 Å². The predicted octanol–water partition coefficient (Wildman–Crippen LogP) is 2.50. The molecule has 4 heteroatoms. The van der Waals surface area contributed by atoms with Gasteiger partial charge in [-0.1, -0.05) is 0 Å². The summed E-state index contributed by atoms with van der Waals surface area (Å²) in [4.78, 5) is 0. The van der Waals surface area contributed by atoms with Crippen LogP contribution in [0.25, 0.3) is 0 Å². The third-order valence-electron chi connectivity index (χ3n) is 2.70. The SMILES string of the molecule is COc1cc([C@@H]2CCN2)c(OC)cc1Br. The van der Waals surface area contributed by atoms with Crippen molar-refractivity contribution in [2.75, 3.05) is 20.8 Å². The van der Waals surface area contributed by atoms with Gasteiger partial charge in [-0.05, 0) is 41.0 Å². The van der Waals surface area contributed by atoms with Crippen LogP contribution in [0.5, 0.6) is 11.5 Å². The molecule has 0 aliphatic carbocycles. The van der Waals surface area contributed by atoms with Crippen molar-refractivity contribution < 1.29 is 9.47 Å². The van der Waals surface area contributed by atoms with Gasteiger partial charge in [0.2, 0.25) is 0 Å². The normalized spacial score (nSPS) is 19.5. The topological polar surface area (TPSA) is 30.5 Å². The summed E-state index contributed by atoms with van der Waals surface area (Å²) in [5, 5.41) is 3.36. The average Bonchev–Trinajstić information content (AvgIpc) is 2.17. The first kappa shape index (κ1) is 10.8. The average molecular weight is 272 g/mol. The van der Waals surface area contributed by atoms with E-state index in [-0.39, 0.29) is 0 Å². The van der Waals surface area contributed by atoms with Crippen LogP contribution in [0.4, 0.5) is 0 Å². The number of ether oxygens (including phenoxy) is 2. The summed E-state index contributed by atoms with van der Waals surface area (Å²) in [5.74, 6) is 1.75. The monoisotopic (exact) mass is 271 g/mol. The molecular formula is C11H14BrNO2. The molecule has 1 fully saturated rings. The van der Waals surface area contributed by atoms with Crippen LogP contribution >= 0.6 is 15.9 Å². The van der Waals surface area contributed by atoms with Gasteiger partial charge in [0.25, 0.3) is 0 Å². The van der Waals surface area contributed by atoms with Crippen LogP contribution in [0.2, 0.25) is 0 Å². The van der Waals surface area contributed by atoms with Crippen LogP contribution in [0, 0.1) is 0 Å². The van der Waals surface area contributed by atoms with Crippen molar-refractivity contribution in [3.05, 3.63) is 22.2 Å². The van der Waals surface area contributed by atoms with E-state index in [1.165, 1.54) is 5.56 Å². The van der Waals surface area contributed by atoms with Gasteiger partial charge in [-0.3, -0.25) is 0 Å². The highest BCUT2D eigenvalue weighted by molar-refractivity contribution is 9.10. The van der Waals surface area contributed by atoms with Crippen molar-refractivity contribution in [3.63, 3.8) is 0 Å². The molecule has 82 valence electrons. The first-order valence-electron chi connectivity index (χ1n) is 4.91. The number of rotatable bonds is 3. The fourth-order valence-electron chi connectivity index (χ4n) is 1.71. The molecule has 1 aromatic rings. The molecule has 0 bridgehead atoms. The van der Waals surface area contributed by atoms with E-state index < -0.39 is 0 Å². The predicted molar refractivity (Wildman–Crippen MR) is 62.6 cm³/mol. The molecule has 1 aliphatic heterocycles. The van der Waals surface area contributed by atoms with E-state index in [1.807, 2.05) is 12.1 Å². The van der Waals surface area contributed by atoms with Crippen LogP contribution in [0.15, 0.2) is 16.6 Å². The molecular weight excluding hydrogens is 258 g/mol. The summed E-state index contributed by atoms with van der Waals surface area (Å²) < 4.78 is 11.6. The number of hydrogen-bond donors (Lipinski definition) is 1. The lowest BCUT2D eigenvalue weighted by molar-refractivity contribution is 0.348. The lowest BCUT2D eigenvalue weighted by Crippen LogP contribution is -2.35. The molecule has 0 aromatic heterocycles. The first-order valence-corrected chi connectivity index (χ1v) is 5.70. The molecule has 1 N–H and O–H groups in total. The molecule has 1 aliphatic rings. The van der Waals surface area contributed by atoms with Crippen molar-refractivity contribution in [1.82, 2.24) is 5.32 Å². The Bertz CT molecular complexity index is 364. The van der Waals surface area contributed by atoms with E-state index in [0.29, 0.717) is 6.04 Å². The quantitative estimate of drug-likeness (QED) is 0.917. The number of hydrogen-bond acceptors (Lipinski definition) is 3. The molecule has 0 saturated carbocycles. The summed E-state index contributed by atoms with van der Waals surface area (Å²) in [6.07, 6.45) is 1.15. The standard InChI is InChI=1S/C11H14BrNO2/c1-14-10-6-8(12)11(15-2)5-7(10)9-3-4-13-9/h5-6,9,13H,3-4H2,1-2H3/t9-/m0/s1. The molecule has 1 atom stereocenters. The largest absolute Gasteiger partial charge is 0.496 e. The van der Waals surface area contributed by atoms with Crippen LogP contribution in [-0.2, 0) is 0 Å². The Morgan fingerprint density at radius 1 is 1.27 bits per heavy atom. The second-order valence-corrected chi connectivity index (χ2v) is 4.38. The molecule has 1 heterocycles. The Kier molecular flexibility index (Phi) is 3.17. The second kappa shape index (κ2) is 4.41. The summed E-state index contributed by atoms with van der Waals surface area (Å²) in [5.41, 5.74) is 1.17. The van der Waals surface area contributed by atoms with E-state index >= 15 is 0 Å². The fourth-order valence-corrected chi connectivity index (χ4v) is 2.19. The maximum absolute atomic E-state index is 5.36. The molecule has 0 unspecified atom stereocenters. The molecule has 15 heavy (non-hydrogen) atoms. The van der Waals surface area contributed by atoms with Gasteiger partial charge in [-0.15, -0.1) is 0 Å². The molecule has 3 nitrogen and oxygen atoms in total. The van der Waals surface area contributed by atoms with Gasteiger partial charge in [0.15, 0.2) is 0 Å². The van der Waals surface area contributed by atoms with Crippen molar-refractivity contribution >= 4 is 15.9 Å². The summed E-state index contributed by atoms with van der Waals surface area (Å²) >= 11 is 3.45. The van der Waals surface area contributed by atoms with Gasteiger partial charge in [0, 0.05) is 11.6 Å². The van der Waals surface area contributed by atoms with E-state index in [2.05, 4.69) is 21.2 Å². The van der Waals surface area contributed by atoms with Crippen LogP contribution in [0.3, 0.4) is 0 Å². The maximum atomic E-state index is 5.36. The Morgan fingerprint density at radius 3 is 2.40 bits per heavy atom. The molecule has 0 spiro atoms. The molecule has 2 rings (SSSR count). The minimum Gasteiger partial charge on any atom is -0.496 e. The Hall–Kier alpha value is -0.740. The van der Waals surface area contributed by atoms with Gasteiger partial charge in [-0.2, -0.15) is 0 Å². The summed E-state index contributed by atoms with van der Waals surface area (Å²) in [7, 11) is 3.36. The number of benzene rings is 1. The minimum absolute atomic E-state index is 0.405. The van der Waals surface area contributed by atoms with E-state index in [1.54, 1.807) is 14.2 Å². The maximum Gasteiger partial charge on any atom is 0.133 e. The second-order valence-electron chi connectivity index (χ2n) is 3.52. The van der Waals surface area contributed by atoms with Crippen LogP contribution < -0.4 is 14.8 Å². The number of nitrogens with one attached hydrogen (secondary N) is 1. The molecule has 0 amide bonds. The smallest absolute Gasteiger partial charge is 0.133 e. The van der Waals surface area contributed by atoms with Gasteiger partial charge in [0.05, 0.1) is 18.7 Å². The van der Waals surface area contributed by atoms with Gasteiger partial charge < -0.3 is 14.8 Å². The van der Waals surface area contributed by atoms with Crippen molar-refractivity contribution in [2.24, 2.45) is 0 Å². The van der Waals surface area contributed by atoms with Crippen molar-refractivity contribution in [1.29, 1.82) is 0 Å². The minimum atomic E-state index is 0.405. The fraction of sp³-hybridized carbons (Fsp3) is 0.455. The Morgan fingerprint density at radius 2 is 1.93 bits per heavy atom. The highest BCUT2D eigenvalue weighted by Gasteiger charge is 2.23. The van der Waals surface area contributed by atoms with Gasteiger partial charge >= 0.3 is 0 Å². The molecule has 1 aromatic carbocycles. The van der Waals surface area contributed by atoms with Crippen LogP contribution in [0.1, 0.15) is 18.0 Å². The van der Waals surface area contributed by atoms with Crippen molar-refractivity contribution in [2.45, 2.75) is 12.5 Å². The van der Waals surface area contributed by atoms with Crippen molar-refractivity contribution in [3.8, 4) is 11.5 Å². The lowest BCUT2D eigenvalue weighted by atomic mass is 9.97. The first-order chi connectivity index (χ1) is 7.26. The Balaban J connectivity index is 2.40.